The highest BCUT2D eigenvalue weighted by Crippen LogP contribution is 2.78. The van der Waals surface area contributed by atoms with Crippen LogP contribution in [0.15, 0.2) is 132 Å². The van der Waals surface area contributed by atoms with Gasteiger partial charge in [-0.05, 0) is 143 Å². The van der Waals surface area contributed by atoms with E-state index in [1.165, 1.54) is 38.9 Å². The lowest BCUT2D eigenvalue weighted by atomic mass is 9.41. The van der Waals surface area contributed by atoms with Gasteiger partial charge in [-0.15, -0.1) is 0 Å². The summed E-state index contributed by atoms with van der Waals surface area (Å²) in [6.45, 7) is 13.7. The Morgan fingerprint density at radius 1 is 0.478 bits per heavy atom. The van der Waals surface area contributed by atoms with Crippen LogP contribution in [0.3, 0.4) is 0 Å². The van der Waals surface area contributed by atoms with E-state index in [-0.39, 0.29) is 22.4 Å². The van der Waals surface area contributed by atoms with Crippen molar-refractivity contribution < 1.29 is 14.0 Å². The molecule has 1 fully saturated rings. The van der Waals surface area contributed by atoms with E-state index >= 15 is 9.59 Å². The highest BCUT2D eigenvalue weighted by atomic mass is 16.3. The Bertz CT molecular complexity index is 4220. The van der Waals surface area contributed by atoms with Crippen molar-refractivity contribution >= 4 is 82.4 Å². The normalized spacial score (nSPS) is 26.8. The first-order valence-corrected chi connectivity index (χ1v) is 24.3. The van der Waals surface area contributed by atoms with Crippen LogP contribution in [0.2, 0.25) is 0 Å². The van der Waals surface area contributed by atoms with E-state index in [0.717, 1.165) is 124 Å². The average Bonchev–Trinajstić information content (AvgIpc) is 3.92. The Balaban J connectivity index is 1.18. The van der Waals surface area contributed by atoms with Crippen molar-refractivity contribution in [3.8, 4) is 11.1 Å². The van der Waals surface area contributed by atoms with Gasteiger partial charge in [-0.1, -0.05) is 118 Å². The summed E-state index contributed by atoms with van der Waals surface area (Å²) in [6, 6.07) is 46.7. The van der Waals surface area contributed by atoms with Crippen LogP contribution in [0.5, 0.6) is 0 Å². The van der Waals surface area contributed by atoms with E-state index in [0.29, 0.717) is 0 Å². The molecule has 0 N–H and O–H groups in total. The number of aryl methyl sites for hydroxylation is 2. The molecule has 8 aromatic carbocycles. The van der Waals surface area contributed by atoms with E-state index in [4.69, 9.17) is 4.42 Å². The number of nitrogens with zero attached hydrogens (tertiary/aromatic N) is 1. The molecule has 3 heterocycles. The maximum absolute atomic E-state index is 16.0. The molecule has 322 valence electrons. The number of benzene rings is 8. The first-order valence-electron chi connectivity index (χ1n) is 24.3. The molecule has 17 rings (SSSR count). The van der Waals surface area contributed by atoms with Crippen molar-refractivity contribution in [2.24, 2.45) is 5.41 Å². The van der Waals surface area contributed by atoms with Crippen LogP contribution in [0.1, 0.15) is 119 Å². The summed E-state index contributed by atoms with van der Waals surface area (Å²) < 4.78 is 9.97. The van der Waals surface area contributed by atoms with Crippen molar-refractivity contribution in [3.05, 3.63) is 183 Å². The van der Waals surface area contributed by atoms with Gasteiger partial charge in [-0.2, -0.15) is 0 Å². The molecule has 67 heavy (non-hydrogen) atoms. The standard InChI is InChI=1S/C63H47NO3/c1-32-14-11-15-33(2)49(32)54-52-39-29-45-37(58(66)62(6)41-20-8-7-19-40(41)61(5)42-21-9-10-22-43(42)63(45,61)62)31-47(39)64-46-30-36-44(59(3)24-26-60(4,27-25-59)57(36)65)28-38(46)51(55(52)64)53-35-18-12-16-34-17-13-23-48(50(34)35)67-56(53)54/h7-23,28-31H,24-27H2,1-6H3. The van der Waals surface area contributed by atoms with Gasteiger partial charge in [0.25, 0.3) is 0 Å². The monoisotopic (exact) mass is 865 g/mol. The SMILES string of the molecule is Cc1cccc(C)c1-c1c2oc3cccc4cccc(c43)c2c2c3cc4c(cc3n3c5cc6c(cc5c1c23)C12c3ccccc3C1(C)c1ccccc1C2(C)C6=O)C(=O)C1(C)CCC4(C)CC1. The van der Waals surface area contributed by atoms with E-state index in [9.17, 15) is 0 Å². The minimum atomic E-state index is -0.814. The van der Waals surface area contributed by atoms with Gasteiger partial charge >= 0.3 is 0 Å². The zero-order chi connectivity index (χ0) is 45.1. The molecule has 3 atom stereocenters. The highest BCUT2D eigenvalue weighted by Gasteiger charge is 2.80. The van der Waals surface area contributed by atoms with Crippen molar-refractivity contribution in [1.29, 1.82) is 0 Å². The number of aromatic nitrogens is 1. The second-order valence-corrected chi connectivity index (χ2v) is 22.2. The largest absolute Gasteiger partial charge is 0.455 e. The van der Waals surface area contributed by atoms with Crippen LogP contribution in [-0.4, -0.2) is 16.0 Å². The zero-order valence-corrected chi connectivity index (χ0v) is 38.6. The predicted molar refractivity (Wildman–Crippen MR) is 271 cm³/mol. The molecular formula is C63H47NO3. The fourth-order valence-electron chi connectivity index (χ4n) is 16.2. The molecule has 4 heteroatoms. The van der Waals surface area contributed by atoms with E-state index in [1.54, 1.807) is 0 Å². The fourth-order valence-corrected chi connectivity index (χ4v) is 16.2. The molecule has 6 aliphatic carbocycles. The number of carbonyl (C=O) groups excluding carboxylic acids is 2. The van der Waals surface area contributed by atoms with Crippen LogP contribution in [0.25, 0.3) is 81.9 Å². The Kier molecular flexibility index (Phi) is 6.20. The molecular weight excluding hydrogens is 819 g/mol. The summed E-state index contributed by atoms with van der Waals surface area (Å²) in [5.74, 6) is 0.453. The third-order valence-corrected chi connectivity index (χ3v) is 19.4. The molecule has 1 spiro atoms. The molecule has 3 aromatic heterocycles. The number of hydrogen-bond donors (Lipinski definition) is 0. The lowest BCUT2D eigenvalue weighted by Crippen LogP contribution is -2.61. The Morgan fingerprint density at radius 2 is 1.04 bits per heavy atom. The molecule has 0 aliphatic heterocycles. The molecule has 0 amide bonds. The van der Waals surface area contributed by atoms with Gasteiger partial charge < -0.3 is 8.82 Å². The van der Waals surface area contributed by atoms with Crippen molar-refractivity contribution in [3.63, 3.8) is 0 Å². The molecule has 0 radical (unpaired) electrons. The van der Waals surface area contributed by atoms with Gasteiger partial charge in [0.1, 0.15) is 11.2 Å². The van der Waals surface area contributed by atoms with E-state index in [2.05, 4.69) is 173 Å². The number of fused-ring (bicyclic) bond motifs is 17. The quantitative estimate of drug-likeness (QED) is 0.122. The van der Waals surface area contributed by atoms with Crippen LogP contribution >= 0.6 is 0 Å². The minimum absolute atomic E-state index is 0.113. The molecule has 11 aromatic rings. The van der Waals surface area contributed by atoms with Gasteiger partial charge in [-0.3, -0.25) is 9.59 Å². The lowest BCUT2D eigenvalue weighted by Gasteiger charge is -2.59. The lowest BCUT2D eigenvalue weighted by molar-refractivity contribution is 0.0731. The number of hydrogen-bond acceptors (Lipinski definition) is 3. The van der Waals surface area contributed by atoms with Crippen molar-refractivity contribution in [2.75, 3.05) is 0 Å². The zero-order valence-electron chi connectivity index (χ0n) is 38.6. The van der Waals surface area contributed by atoms with Gasteiger partial charge in [0, 0.05) is 59.8 Å². The van der Waals surface area contributed by atoms with Crippen LogP contribution < -0.4 is 0 Å². The summed E-state index contributed by atoms with van der Waals surface area (Å²) >= 11 is 0. The fraction of sp³-hybridized carbons (Fsp3) is 0.238. The summed E-state index contributed by atoms with van der Waals surface area (Å²) in [7, 11) is 0. The molecule has 6 aliphatic rings. The first kappa shape index (κ1) is 37.1. The minimum Gasteiger partial charge on any atom is -0.455 e. The molecule has 0 saturated heterocycles. The molecule has 1 saturated carbocycles. The number of rotatable bonds is 1. The predicted octanol–water partition coefficient (Wildman–Crippen LogP) is 15.3. The third kappa shape index (κ3) is 3.65. The molecule has 4 nitrogen and oxygen atoms in total. The van der Waals surface area contributed by atoms with Gasteiger partial charge in [-0.25, -0.2) is 0 Å². The Hall–Kier alpha value is -7.04. The van der Waals surface area contributed by atoms with Crippen LogP contribution in [0, 0.1) is 19.3 Å². The second kappa shape index (κ2) is 11.2. The third-order valence-electron chi connectivity index (χ3n) is 19.4. The van der Waals surface area contributed by atoms with Crippen LogP contribution in [-0.2, 0) is 21.7 Å². The molecule has 3 unspecified atom stereocenters. The van der Waals surface area contributed by atoms with Gasteiger partial charge in [0.05, 0.1) is 27.4 Å². The number of carbonyl (C=O) groups is 2. The topological polar surface area (TPSA) is 51.7 Å². The van der Waals surface area contributed by atoms with Gasteiger partial charge in [0.15, 0.2) is 11.6 Å². The smallest absolute Gasteiger partial charge is 0.174 e. The first-order chi connectivity index (χ1) is 32.4. The van der Waals surface area contributed by atoms with E-state index in [1.807, 2.05) is 0 Å². The summed E-state index contributed by atoms with van der Waals surface area (Å²) in [4.78, 5) is 31.0. The maximum atomic E-state index is 16.0. The Labute approximate surface area is 387 Å². The number of ketones is 2. The van der Waals surface area contributed by atoms with Crippen molar-refractivity contribution in [2.45, 2.75) is 88.9 Å². The van der Waals surface area contributed by atoms with Gasteiger partial charge in [0.2, 0.25) is 0 Å². The maximum Gasteiger partial charge on any atom is 0.174 e. The summed E-state index contributed by atoms with van der Waals surface area (Å²) in [6.07, 6.45) is 3.78. The van der Waals surface area contributed by atoms with E-state index < -0.39 is 16.2 Å². The second-order valence-electron chi connectivity index (χ2n) is 22.2. The van der Waals surface area contributed by atoms with Crippen molar-refractivity contribution in [1.82, 2.24) is 4.40 Å². The highest BCUT2D eigenvalue weighted by molar-refractivity contribution is 6.40. The summed E-state index contributed by atoms with van der Waals surface area (Å²) in [5.41, 5.74) is 16.0. The Morgan fingerprint density at radius 3 is 1.75 bits per heavy atom. The van der Waals surface area contributed by atoms with Crippen LogP contribution in [0.4, 0.5) is 0 Å². The average molecular weight is 866 g/mol. The number of Topliss-reactive ketones (excluding diaryl/α,β-unsaturated/α-hetero) is 2. The molecule has 2 bridgehead atoms. The summed E-state index contributed by atoms with van der Waals surface area (Å²) in [5, 5.41) is 9.05.